The van der Waals surface area contributed by atoms with E-state index in [2.05, 4.69) is 5.32 Å². The van der Waals surface area contributed by atoms with Gasteiger partial charge < -0.3 is 10.4 Å². The van der Waals surface area contributed by atoms with Crippen LogP contribution in [0.1, 0.15) is 31.8 Å². The summed E-state index contributed by atoms with van der Waals surface area (Å²) in [6.45, 7) is 3.79. The number of nitrogens with one attached hydrogen (secondary N) is 1. The molecule has 5 heteroatoms. The number of carbonyl (C=O) groups excluding carboxylic acids is 1. The first kappa shape index (κ1) is 14.7. The molecule has 0 saturated heterocycles. The molecule has 0 aliphatic rings. The van der Waals surface area contributed by atoms with Gasteiger partial charge in [0, 0.05) is 5.56 Å². The second-order valence-corrected chi connectivity index (χ2v) is 4.75. The predicted molar refractivity (Wildman–Crippen MR) is 77.2 cm³/mol. The Morgan fingerprint density at radius 3 is 2.38 bits per heavy atom. The second-order valence-electron chi connectivity index (χ2n) is 4.75. The van der Waals surface area contributed by atoms with Crippen LogP contribution in [-0.4, -0.2) is 17.0 Å². The van der Waals surface area contributed by atoms with Crippen LogP contribution in [0.3, 0.4) is 0 Å². The Kier molecular flexibility index (Phi) is 4.03. The highest BCUT2D eigenvalue weighted by atomic mass is 19.1. The smallest absolute Gasteiger partial charge is 0.337 e. The molecule has 2 rings (SSSR count). The molecule has 2 N–H and O–H groups in total. The van der Waals surface area contributed by atoms with E-state index < -0.39 is 17.7 Å². The molecule has 1 amide bonds. The fourth-order valence-electron chi connectivity index (χ4n) is 1.88. The standard InChI is InChI=1S/C16H14FNO3/c1-9-3-4-11(7-10(9)2)15(19)18-14-8-12(17)5-6-13(14)16(20)21/h3-8H,1-2H3,(H,18,19)(H,20,21). The topological polar surface area (TPSA) is 66.4 Å². The van der Waals surface area contributed by atoms with Crippen molar-refractivity contribution in [2.75, 3.05) is 5.32 Å². The summed E-state index contributed by atoms with van der Waals surface area (Å²) in [5.74, 6) is -2.33. The molecule has 0 heterocycles. The third-order valence-corrected chi connectivity index (χ3v) is 3.23. The highest BCUT2D eigenvalue weighted by Gasteiger charge is 2.14. The summed E-state index contributed by atoms with van der Waals surface area (Å²) < 4.78 is 13.2. The number of benzene rings is 2. The van der Waals surface area contributed by atoms with Gasteiger partial charge in [-0.15, -0.1) is 0 Å². The van der Waals surface area contributed by atoms with Crippen LogP contribution in [0.5, 0.6) is 0 Å². The lowest BCUT2D eigenvalue weighted by molar-refractivity contribution is 0.0698. The van der Waals surface area contributed by atoms with Gasteiger partial charge >= 0.3 is 5.97 Å². The Bertz CT molecular complexity index is 725. The lowest BCUT2D eigenvalue weighted by Crippen LogP contribution is -2.15. The number of carboxylic acid groups (broad SMARTS) is 1. The Labute approximate surface area is 121 Å². The summed E-state index contributed by atoms with van der Waals surface area (Å²) in [5.41, 5.74) is 2.15. The molecule has 0 aromatic heterocycles. The number of carboxylic acids is 1. The van der Waals surface area contributed by atoms with Crippen molar-refractivity contribution in [1.82, 2.24) is 0 Å². The molecule has 0 bridgehead atoms. The third-order valence-electron chi connectivity index (χ3n) is 3.23. The Balaban J connectivity index is 2.33. The van der Waals surface area contributed by atoms with E-state index >= 15 is 0 Å². The Morgan fingerprint density at radius 2 is 1.76 bits per heavy atom. The normalized spacial score (nSPS) is 10.2. The van der Waals surface area contributed by atoms with Crippen molar-refractivity contribution in [2.45, 2.75) is 13.8 Å². The highest BCUT2D eigenvalue weighted by molar-refractivity contribution is 6.07. The van der Waals surface area contributed by atoms with Crippen molar-refractivity contribution in [3.63, 3.8) is 0 Å². The van der Waals surface area contributed by atoms with Crippen LogP contribution in [0.4, 0.5) is 10.1 Å². The van der Waals surface area contributed by atoms with Crippen LogP contribution in [0.2, 0.25) is 0 Å². The quantitative estimate of drug-likeness (QED) is 0.909. The van der Waals surface area contributed by atoms with E-state index in [0.29, 0.717) is 5.56 Å². The predicted octanol–water partition coefficient (Wildman–Crippen LogP) is 3.39. The van der Waals surface area contributed by atoms with Crippen molar-refractivity contribution in [1.29, 1.82) is 0 Å². The van der Waals surface area contributed by atoms with Crippen LogP contribution in [-0.2, 0) is 0 Å². The van der Waals surface area contributed by atoms with Gasteiger partial charge in [0.2, 0.25) is 0 Å². The average molecular weight is 287 g/mol. The van der Waals surface area contributed by atoms with Crippen molar-refractivity contribution < 1.29 is 19.1 Å². The molecule has 0 spiro atoms. The zero-order valence-electron chi connectivity index (χ0n) is 11.6. The van der Waals surface area contributed by atoms with Gasteiger partial charge in [-0.2, -0.15) is 0 Å². The van der Waals surface area contributed by atoms with Gasteiger partial charge in [-0.3, -0.25) is 4.79 Å². The van der Waals surface area contributed by atoms with Crippen molar-refractivity contribution in [3.05, 3.63) is 64.5 Å². The molecule has 0 radical (unpaired) electrons. The van der Waals surface area contributed by atoms with Gasteiger partial charge in [-0.05, 0) is 55.3 Å². The van der Waals surface area contributed by atoms with Crippen LogP contribution < -0.4 is 5.32 Å². The first-order valence-electron chi connectivity index (χ1n) is 6.30. The van der Waals surface area contributed by atoms with Gasteiger partial charge in [0.25, 0.3) is 5.91 Å². The number of hydrogen-bond acceptors (Lipinski definition) is 2. The number of anilines is 1. The van der Waals surface area contributed by atoms with E-state index in [9.17, 15) is 14.0 Å². The fraction of sp³-hybridized carbons (Fsp3) is 0.125. The minimum absolute atomic E-state index is 0.0641. The summed E-state index contributed by atoms with van der Waals surface area (Å²) in [6, 6.07) is 8.28. The number of carbonyl (C=O) groups is 2. The molecule has 0 atom stereocenters. The minimum Gasteiger partial charge on any atom is -0.478 e. The third kappa shape index (κ3) is 3.25. The van der Waals surface area contributed by atoms with E-state index in [0.717, 1.165) is 29.3 Å². The molecule has 0 aliphatic heterocycles. The van der Waals surface area contributed by atoms with E-state index in [1.807, 2.05) is 13.8 Å². The molecule has 4 nitrogen and oxygen atoms in total. The Hall–Kier alpha value is -2.69. The van der Waals surface area contributed by atoms with Gasteiger partial charge in [0.1, 0.15) is 5.82 Å². The molecule has 0 fully saturated rings. The molecule has 2 aromatic carbocycles. The zero-order valence-corrected chi connectivity index (χ0v) is 11.6. The molecular weight excluding hydrogens is 273 g/mol. The fourth-order valence-corrected chi connectivity index (χ4v) is 1.88. The number of aromatic carboxylic acids is 1. The van der Waals surface area contributed by atoms with Gasteiger partial charge in [-0.1, -0.05) is 6.07 Å². The molecule has 21 heavy (non-hydrogen) atoms. The molecule has 0 unspecified atom stereocenters. The highest BCUT2D eigenvalue weighted by Crippen LogP contribution is 2.19. The maximum Gasteiger partial charge on any atom is 0.337 e. The maximum absolute atomic E-state index is 13.2. The number of hydrogen-bond donors (Lipinski definition) is 2. The maximum atomic E-state index is 13.2. The van der Waals surface area contributed by atoms with Crippen LogP contribution in [0.15, 0.2) is 36.4 Å². The largest absolute Gasteiger partial charge is 0.478 e. The van der Waals surface area contributed by atoms with Gasteiger partial charge in [-0.25, -0.2) is 9.18 Å². The lowest BCUT2D eigenvalue weighted by Gasteiger charge is -2.10. The van der Waals surface area contributed by atoms with Gasteiger partial charge in [0.15, 0.2) is 0 Å². The first-order chi connectivity index (χ1) is 9.88. The second kappa shape index (κ2) is 5.75. The van der Waals surface area contributed by atoms with Crippen molar-refractivity contribution in [3.8, 4) is 0 Å². The number of amides is 1. The summed E-state index contributed by atoms with van der Waals surface area (Å²) in [4.78, 5) is 23.2. The van der Waals surface area contributed by atoms with E-state index in [4.69, 9.17) is 5.11 Å². The van der Waals surface area contributed by atoms with Crippen LogP contribution >= 0.6 is 0 Å². The first-order valence-corrected chi connectivity index (χ1v) is 6.30. The number of halogens is 1. The SMILES string of the molecule is Cc1ccc(C(=O)Nc2cc(F)ccc2C(=O)O)cc1C. The molecule has 108 valence electrons. The number of rotatable bonds is 3. The number of aryl methyl sites for hydroxylation is 2. The van der Waals surface area contributed by atoms with E-state index in [1.165, 1.54) is 0 Å². The van der Waals surface area contributed by atoms with Crippen molar-refractivity contribution in [2.24, 2.45) is 0 Å². The van der Waals surface area contributed by atoms with Crippen molar-refractivity contribution >= 4 is 17.6 Å². The summed E-state index contributed by atoms with van der Waals surface area (Å²) in [7, 11) is 0. The Morgan fingerprint density at radius 1 is 1.05 bits per heavy atom. The van der Waals surface area contributed by atoms with Gasteiger partial charge in [0.05, 0.1) is 11.3 Å². The van der Waals surface area contributed by atoms with Crippen LogP contribution in [0, 0.1) is 19.7 Å². The monoisotopic (exact) mass is 287 g/mol. The lowest BCUT2D eigenvalue weighted by atomic mass is 10.1. The molecule has 0 aliphatic carbocycles. The van der Waals surface area contributed by atoms with E-state index in [1.54, 1.807) is 18.2 Å². The molecule has 2 aromatic rings. The zero-order chi connectivity index (χ0) is 15.6. The molecule has 0 saturated carbocycles. The summed E-state index contributed by atoms with van der Waals surface area (Å²) >= 11 is 0. The summed E-state index contributed by atoms with van der Waals surface area (Å²) in [6.07, 6.45) is 0. The minimum atomic E-state index is -1.23. The average Bonchev–Trinajstić information content (AvgIpc) is 2.41. The van der Waals surface area contributed by atoms with Crippen LogP contribution in [0.25, 0.3) is 0 Å². The summed E-state index contributed by atoms with van der Waals surface area (Å²) in [5, 5.41) is 11.5. The molecular formula is C16H14FNO3. The van der Waals surface area contributed by atoms with E-state index in [-0.39, 0.29) is 11.3 Å².